The maximum Gasteiger partial charge on any atom is 0.254 e. The molecular weight excluding hydrogens is 372 g/mol. The zero-order valence-electron chi connectivity index (χ0n) is 18.4. The van der Waals surface area contributed by atoms with Crippen LogP contribution in [0.4, 0.5) is 0 Å². The monoisotopic (exact) mass is 404 g/mol. The highest BCUT2D eigenvalue weighted by molar-refractivity contribution is 5.95. The Labute approximate surface area is 179 Å². The summed E-state index contributed by atoms with van der Waals surface area (Å²) in [6.45, 7) is 7.49. The van der Waals surface area contributed by atoms with E-state index in [1.54, 1.807) is 0 Å². The van der Waals surface area contributed by atoms with Gasteiger partial charge in [0.2, 0.25) is 0 Å². The second-order valence-electron chi connectivity index (χ2n) is 8.58. The molecule has 1 aliphatic carbocycles. The molecule has 1 aromatic carbocycles. The summed E-state index contributed by atoms with van der Waals surface area (Å²) in [5.74, 6) is 1.06. The topological polar surface area (TPSA) is 51.0 Å². The van der Waals surface area contributed by atoms with E-state index in [-0.39, 0.29) is 5.91 Å². The number of nitrogens with zero attached hydrogens (tertiary/aromatic N) is 4. The molecule has 0 saturated heterocycles. The summed E-state index contributed by atoms with van der Waals surface area (Å²) in [6.07, 6.45) is 8.70. The van der Waals surface area contributed by atoms with E-state index < -0.39 is 0 Å². The van der Waals surface area contributed by atoms with Crippen LogP contribution in [-0.2, 0) is 6.54 Å². The molecule has 3 aromatic rings. The lowest BCUT2D eigenvalue weighted by atomic mass is 10.0. The molecule has 0 N–H and O–H groups in total. The second kappa shape index (κ2) is 8.99. The average molecular weight is 405 g/mol. The maximum atomic E-state index is 13.5. The summed E-state index contributed by atoms with van der Waals surface area (Å²) < 4.78 is 2.32. The molecular formula is C25H32N4O. The minimum Gasteiger partial charge on any atom is -0.331 e. The van der Waals surface area contributed by atoms with E-state index in [0.717, 1.165) is 65.9 Å². The first-order chi connectivity index (χ1) is 14.6. The van der Waals surface area contributed by atoms with Gasteiger partial charge in [0.25, 0.3) is 5.91 Å². The fraction of sp³-hybridized carbons (Fsp3) is 0.480. The molecule has 0 atom stereocenters. The number of rotatable bonds is 7. The molecule has 1 saturated carbocycles. The molecule has 158 valence electrons. The first kappa shape index (κ1) is 20.6. The Kier molecular flexibility index (Phi) is 6.16. The number of hydrogen-bond acceptors (Lipinski definition) is 3. The number of amides is 1. The highest BCUT2D eigenvalue weighted by atomic mass is 16.2. The Hall–Kier alpha value is -2.69. The third kappa shape index (κ3) is 4.11. The minimum absolute atomic E-state index is 0.0997. The van der Waals surface area contributed by atoms with Crippen molar-refractivity contribution in [3.63, 3.8) is 0 Å². The zero-order valence-corrected chi connectivity index (χ0v) is 18.4. The van der Waals surface area contributed by atoms with Gasteiger partial charge in [-0.1, -0.05) is 43.9 Å². The molecule has 0 unspecified atom stereocenters. The van der Waals surface area contributed by atoms with Crippen molar-refractivity contribution < 1.29 is 4.79 Å². The lowest BCUT2D eigenvalue weighted by Crippen LogP contribution is -2.33. The Balaban J connectivity index is 1.71. The molecule has 0 aliphatic heterocycles. The number of aromatic nitrogens is 3. The molecule has 0 bridgehead atoms. The molecule has 5 nitrogen and oxygen atoms in total. The second-order valence-corrected chi connectivity index (χ2v) is 8.58. The highest BCUT2D eigenvalue weighted by Gasteiger charge is 2.26. The van der Waals surface area contributed by atoms with Crippen LogP contribution in [0.5, 0.6) is 0 Å². The summed E-state index contributed by atoms with van der Waals surface area (Å²) in [5, 5.41) is 0. The number of benzene rings is 1. The van der Waals surface area contributed by atoms with Crippen molar-refractivity contribution in [2.75, 3.05) is 6.54 Å². The smallest absolute Gasteiger partial charge is 0.254 e. The van der Waals surface area contributed by atoms with Crippen molar-refractivity contribution in [2.24, 2.45) is 0 Å². The van der Waals surface area contributed by atoms with Gasteiger partial charge in [-0.3, -0.25) is 4.79 Å². The number of carbonyl (C=O) groups is 1. The number of fused-ring (bicyclic) bond motifs is 1. The van der Waals surface area contributed by atoms with Crippen LogP contribution in [0.3, 0.4) is 0 Å². The number of carbonyl (C=O) groups excluding carboxylic acids is 1. The molecule has 1 aliphatic rings. The summed E-state index contributed by atoms with van der Waals surface area (Å²) >= 11 is 0. The van der Waals surface area contributed by atoms with Gasteiger partial charge in [-0.05, 0) is 56.9 Å². The van der Waals surface area contributed by atoms with Crippen molar-refractivity contribution in [3.8, 4) is 0 Å². The third-order valence-electron chi connectivity index (χ3n) is 6.24. The van der Waals surface area contributed by atoms with E-state index in [1.807, 2.05) is 49.2 Å². The predicted octanol–water partition coefficient (Wildman–Crippen LogP) is 5.61. The van der Waals surface area contributed by atoms with E-state index in [0.29, 0.717) is 12.6 Å². The normalized spacial score (nSPS) is 14.5. The van der Waals surface area contributed by atoms with Crippen molar-refractivity contribution in [1.82, 2.24) is 19.4 Å². The van der Waals surface area contributed by atoms with E-state index in [9.17, 15) is 4.79 Å². The largest absolute Gasteiger partial charge is 0.331 e. The standard InChI is InChI=1S/C25H32N4O/c1-4-5-15-28(25(30)21-16-18(2)12-13-19(21)3)17-23-27-22-11-8-14-26-24(22)29(23)20-9-6-7-10-20/h8,11-14,16,20H,4-7,9-10,15,17H2,1-3H3. The van der Waals surface area contributed by atoms with Gasteiger partial charge >= 0.3 is 0 Å². The first-order valence-corrected chi connectivity index (χ1v) is 11.3. The molecule has 0 radical (unpaired) electrons. The summed E-state index contributed by atoms with van der Waals surface area (Å²) in [5.41, 5.74) is 4.82. The SMILES string of the molecule is CCCCN(Cc1nc2cccnc2n1C1CCCC1)C(=O)c1cc(C)ccc1C. The molecule has 2 aromatic heterocycles. The van der Waals surface area contributed by atoms with Crippen LogP contribution in [0.2, 0.25) is 0 Å². The number of unbranched alkanes of at least 4 members (excludes halogenated alkanes) is 1. The number of aryl methyl sites for hydroxylation is 2. The Morgan fingerprint density at radius 3 is 2.77 bits per heavy atom. The fourth-order valence-electron chi connectivity index (χ4n) is 4.54. The Bertz CT molecular complexity index is 1030. The van der Waals surface area contributed by atoms with Gasteiger partial charge in [0.05, 0.1) is 6.54 Å². The molecule has 5 heteroatoms. The van der Waals surface area contributed by atoms with Crippen LogP contribution in [0, 0.1) is 13.8 Å². The molecule has 4 rings (SSSR count). The molecule has 2 heterocycles. The van der Waals surface area contributed by atoms with Crippen LogP contribution >= 0.6 is 0 Å². The summed E-state index contributed by atoms with van der Waals surface area (Å²) in [6, 6.07) is 10.5. The van der Waals surface area contributed by atoms with Gasteiger partial charge in [-0.25, -0.2) is 9.97 Å². The molecule has 30 heavy (non-hydrogen) atoms. The van der Waals surface area contributed by atoms with Gasteiger partial charge < -0.3 is 9.47 Å². The summed E-state index contributed by atoms with van der Waals surface area (Å²) in [7, 11) is 0. The van der Waals surface area contributed by atoms with Crippen molar-refractivity contribution in [2.45, 2.75) is 71.9 Å². The van der Waals surface area contributed by atoms with Gasteiger partial charge in [-0.15, -0.1) is 0 Å². The van der Waals surface area contributed by atoms with Crippen molar-refractivity contribution >= 4 is 17.1 Å². The molecule has 1 amide bonds. The number of imidazole rings is 1. The van der Waals surface area contributed by atoms with Crippen LogP contribution in [0.1, 0.15) is 78.8 Å². The fourth-order valence-corrected chi connectivity index (χ4v) is 4.54. The van der Waals surface area contributed by atoms with Gasteiger partial charge in [0.1, 0.15) is 11.3 Å². The Morgan fingerprint density at radius 2 is 2.00 bits per heavy atom. The van der Waals surface area contributed by atoms with Crippen molar-refractivity contribution in [3.05, 3.63) is 59.0 Å². The predicted molar refractivity (Wildman–Crippen MR) is 121 cm³/mol. The van der Waals surface area contributed by atoms with E-state index in [4.69, 9.17) is 4.98 Å². The van der Waals surface area contributed by atoms with Crippen LogP contribution in [0.25, 0.3) is 11.2 Å². The van der Waals surface area contributed by atoms with Crippen molar-refractivity contribution in [1.29, 1.82) is 0 Å². The van der Waals surface area contributed by atoms with E-state index in [2.05, 4.69) is 22.5 Å². The summed E-state index contributed by atoms with van der Waals surface area (Å²) in [4.78, 5) is 25.1. The van der Waals surface area contributed by atoms with Crippen LogP contribution in [0.15, 0.2) is 36.5 Å². The first-order valence-electron chi connectivity index (χ1n) is 11.3. The highest BCUT2D eigenvalue weighted by Crippen LogP contribution is 2.33. The average Bonchev–Trinajstić information content (AvgIpc) is 3.39. The van der Waals surface area contributed by atoms with E-state index >= 15 is 0 Å². The number of pyridine rings is 1. The minimum atomic E-state index is 0.0997. The third-order valence-corrected chi connectivity index (χ3v) is 6.24. The van der Waals surface area contributed by atoms with E-state index in [1.165, 1.54) is 12.8 Å². The van der Waals surface area contributed by atoms with Gasteiger partial charge in [-0.2, -0.15) is 0 Å². The van der Waals surface area contributed by atoms with Gasteiger partial charge in [0.15, 0.2) is 5.65 Å². The lowest BCUT2D eigenvalue weighted by Gasteiger charge is -2.25. The van der Waals surface area contributed by atoms with Gasteiger partial charge in [0, 0.05) is 24.3 Å². The lowest BCUT2D eigenvalue weighted by molar-refractivity contribution is 0.0733. The Morgan fingerprint density at radius 1 is 1.20 bits per heavy atom. The molecule has 0 spiro atoms. The van der Waals surface area contributed by atoms with Crippen LogP contribution < -0.4 is 0 Å². The quantitative estimate of drug-likeness (QED) is 0.514. The molecule has 1 fully saturated rings. The van der Waals surface area contributed by atoms with Crippen LogP contribution in [-0.4, -0.2) is 31.9 Å². The maximum absolute atomic E-state index is 13.5. The number of hydrogen-bond donors (Lipinski definition) is 0. The zero-order chi connectivity index (χ0) is 21.1.